The highest BCUT2D eigenvalue weighted by molar-refractivity contribution is 6.32. The first-order chi connectivity index (χ1) is 17.3. The molecule has 0 unspecified atom stereocenters. The van der Waals surface area contributed by atoms with E-state index in [0.717, 1.165) is 25.0 Å². The van der Waals surface area contributed by atoms with E-state index >= 15 is 0 Å². The number of alkyl halides is 3. The Bertz CT molecular complexity index is 1310. The number of fused-ring (bicyclic) bond motifs is 1. The third-order valence-corrected chi connectivity index (χ3v) is 6.80. The summed E-state index contributed by atoms with van der Waals surface area (Å²) in [5.74, 6) is -0.278. The van der Waals surface area contributed by atoms with Gasteiger partial charge in [-0.25, -0.2) is 4.98 Å². The number of ketones is 1. The van der Waals surface area contributed by atoms with Gasteiger partial charge in [-0.1, -0.05) is 17.7 Å². The summed E-state index contributed by atoms with van der Waals surface area (Å²) >= 11 is 6.34. The Labute approximate surface area is 217 Å². The first-order valence-electron chi connectivity index (χ1n) is 12.0. The molecule has 3 aromatic rings. The Balaban J connectivity index is 1.42. The summed E-state index contributed by atoms with van der Waals surface area (Å²) in [6, 6.07) is 6.41. The van der Waals surface area contributed by atoms with E-state index in [0.29, 0.717) is 41.9 Å². The highest BCUT2D eigenvalue weighted by atomic mass is 35.5. The van der Waals surface area contributed by atoms with Gasteiger partial charge < -0.3 is 10.0 Å². The average Bonchev–Trinajstić information content (AvgIpc) is 3.19. The minimum atomic E-state index is -4.65. The van der Waals surface area contributed by atoms with Crippen molar-refractivity contribution in [2.45, 2.75) is 57.9 Å². The Kier molecular flexibility index (Phi) is 7.62. The summed E-state index contributed by atoms with van der Waals surface area (Å²) in [5, 5.41) is 15.4. The van der Waals surface area contributed by atoms with E-state index in [1.807, 2.05) is 0 Å². The smallest absolute Gasteiger partial charge is 0.390 e. The van der Waals surface area contributed by atoms with E-state index in [4.69, 9.17) is 11.6 Å². The molecule has 198 valence electrons. The lowest BCUT2D eigenvalue weighted by atomic mass is 9.86. The molecule has 1 aliphatic rings. The molecular formula is C26H28ClF3N4O3. The summed E-state index contributed by atoms with van der Waals surface area (Å²) in [7, 11) is 0. The van der Waals surface area contributed by atoms with Crippen LogP contribution < -0.4 is 0 Å². The van der Waals surface area contributed by atoms with E-state index in [2.05, 4.69) is 10.1 Å². The second-order valence-corrected chi connectivity index (χ2v) is 10.6. The van der Waals surface area contributed by atoms with Gasteiger partial charge in [0, 0.05) is 36.1 Å². The van der Waals surface area contributed by atoms with Crippen LogP contribution in [0.4, 0.5) is 13.2 Å². The molecule has 1 aromatic carbocycles. The van der Waals surface area contributed by atoms with Gasteiger partial charge in [0.15, 0.2) is 5.78 Å². The molecule has 1 amide bonds. The highest BCUT2D eigenvalue weighted by Gasteiger charge is 2.33. The summed E-state index contributed by atoms with van der Waals surface area (Å²) in [5.41, 5.74) is -1.18. The van der Waals surface area contributed by atoms with E-state index in [1.54, 1.807) is 37.1 Å². The summed E-state index contributed by atoms with van der Waals surface area (Å²) in [6.07, 6.45) is -0.816. The first kappa shape index (κ1) is 27.1. The molecule has 3 heterocycles. The molecule has 11 heteroatoms. The Morgan fingerprint density at radius 3 is 2.51 bits per heavy atom. The van der Waals surface area contributed by atoms with Crippen LogP contribution in [0.25, 0.3) is 10.9 Å². The van der Waals surface area contributed by atoms with Gasteiger partial charge in [0.25, 0.3) is 0 Å². The number of piperidine rings is 1. The van der Waals surface area contributed by atoms with Crippen LogP contribution >= 0.6 is 11.6 Å². The summed E-state index contributed by atoms with van der Waals surface area (Å²) < 4.78 is 40.4. The lowest BCUT2D eigenvalue weighted by Gasteiger charge is -2.34. The molecule has 1 fully saturated rings. The zero-order valence-corrected chi connectivity index (χ0v) is 21.3. The predicted molar refractivity (Wildman–Crippen MR) is 132 cm³/mol. The van der Waals surface area contributed by atoms with Gasteiger partial charge in [0.1, 0.15) is 17.9 Å². The fraction of sp³-hybridized carbons (Fsp3) is 0.462. The highest BCUT2D eigenvalue weighted by Crippen LogP contribution is 2.29. The number of aromatic nitrogens is 3. The summed E-state index contributed by atoms with van der Waals surface area (Å²) in [4.78, 5) is 30.7. The predicted octanol–water partition coefficient (Wildman–Crippen LogP) is 4.93. The lowest BCUT2D eigenvalue weighted by molar-refractivity contribution is -0.141. The van der Waals surface area contributed by atoms with Crippen LogP contribution in [0, 0.1) is 5.92 Å². The van der Waals surface area contributed by atoms with E-state index in [9.17, 15) is 27.9 Å². The number of Topliss-reactive ketones (excluding diaryl/α,β-unsaturated/α-hetero) is 1. The molecule has 1 N–H and O–H groups in total. The van der Waals surface area contributed by atoms with Crippen LogP contribution in [0.5, 0.6) is 0 Å². The monoisotopic (exact) mass is 536 g/mol. The first-order valence-corrected chi connectivity index (χ1v) is 12.4. The number of carbonyl (C=O) groups is 2. The fourth-order valence-corrected chi connectivity index (χ4v) is 4.93. The van der Waals surface area contributed by atoms with E-state index < -0.39 is 23.3 Å². The van der Waals surface area contributed by atoms with Crippen molar-refractivity contribution in [3.63, 3.8) is 0 Å². The number of pyridine rings is 1. The van der Waals surface area contributed by atoms with E-state index in [-0.39, 0.29) is 29.6 Å². The average molecular weight is 537 g/mol. The maximum absolute atomic E-state index is 12.9. The molecule has 4 rings (SSSR count). The fourth-order valence-electron chi connectivity index (χ4n) is 4.70. The molecule has 0 spiro atoms. The number of aliphatic hydroxyl groups is 1. The summed E-state index contributed by atoms with van der Waals surface area (Å²) in [6.45, 7) is 4.89. The number of amides is 1. The minimum absolute atomic E-state index is 0.0465. The van der Waals surface area contributed by atoms with Crippen molar-refractivity contribution in [1.82, 2.24) is 19.7 Å². The zero-order chi connectivity index (χ0) is 27.0. The van der Waals surface area contributed by atoms with Crippen molar-refractivity contribution in [3.8, 4) is 0 Å². The van der Waals surface area contributed by atoms with Crippen molar-refractivity contribution in [3.05, 3.63) is 58.5 Å². The van der Waals surface area contributed by atoms with Crippen molar-refractivity contribution < 1.29 is 27.9 Å². The van der Waals surface area contributed by atoms with Crippen LogP contribution in [0.15, 0.2) is 36.5 Å². The topological polar surface area (TPSA) is 88.3 Å². The van der Waals surface area contributed by atoms with Crippen molar-refractivity contribution >= 4 is 34.2 Å². The van der Waals surface area contributed by atoms with Gasteiger partial charge in [-0.2, -0.15) is 18.3 Å². The molecular weight excluding hydrogens is 509 g/mol. The van der Waals surface area contributed by atoms with E-state index in [1.165, 1.54) is 10.7 Å². The molecule has 7 nitrogen and oxygen atoms in total. The van der Waals surface area contributed by atoms with Crippen LogP contribution in [0.3, 0.4) is 0 Å². The van der Waals surface area contributed by atoms with Crippen LogP contribution in [-0.4, -0.2) is 55.2 Å². The van der Waals surface area contributed by atoms with Crippen LogP contribution in [0.2, 0.25) is 5.02 Å². The van der Waals surface area contributed by atoms with Gasteiger partial charge >= 0.3 is 6.18 Å². The second-order valence-electron chi connectivity index (χ2n) is 10.2. The van der Waals surface area contributed by atoms with Crippen molar-refractivity contribution in [1.29, 1.82) is 0 Å². The molecule has 2 aromatic heterocycles. The lowest BCUT2D eigenvalue weighted by Crippen LogP contribution is -2.41. The molecule has 0 radical (unpaired) electrons. The SMILES string of the molecule is CC(C)(O)CC1CCN(C(=O)Cn2cc3cc(CC(=O)c4cccc(C(F)(F)F)n4)c(Cl)cc3n2)CC1. The number of likely N-dealkylation sites (tertiary alicyclic amines) is 1. The molecule has 0 atom stereocenters. The number of hydrogen-bond acceptors (Lipinski definition) is 5. The van der Waals surface area contributed by atoms with Crippen LogP contribution in [0.1, 0.15) is 54.9 Å². The van der Waals surface area contributed by atoms with Gasteiger partial charge in [0.05, 0.1) is 11.1 Å². The second kappa shape index (κ2) is 10.4. The molecule has 0 bridgehead atoms. The molecule has 37 heavy (non-hydrogen) atoms. The minimum Gasteiger partial charge on any atom is -0.390 e. The maximum atomic E-state index is 12.9. The van der Waals surface area contributed by atoms with Gasteiger partial charge in [-0.05, 0) is 68.9 Å². The molecule has 1 saturated heterocycles. The Morgan fingerprint density at radius 1 is 1.16 bits per heavy atom. The quantitative estimate of drug-likeness (QED) is 0.433. The molecule has 0 aliphatic carbocycles. The molecule has 1 aliphatic heterocycles. The number of nitrogens with zero attached hydrogens (tertiary/aromatic N) is 4. The zero-order valence-electron chi connectivity index (χ0n) is 20.6. The van der Waals surface area contributed by atoms with Gasteiger partial charge in [-0.3, -0.25) is 14.3 Å². The van der Waals surface area contributed by atoms with Crippen LogP contribution in [-0.2, 0) is 23.9 Å². The Hall–Kier alpha value is -2.98. The number of benzene rings is 1. The van der Waals surface area contributed by atoms with Gasteiger partial charge in [0.2, 0.25) is 5.91 Å². The standard InChI is InChI=1S/C26H28ClF3N4O3/c1-25(2,37)13-16-6-8-33(9-7-16)24(36)15-34-14-18-10-17(19(27)12-21(18)32-34)11-22(35)20-4-3-5-23(31-20)26(28,29)30/h3-5,10,12,14,16,37H,6-9,11,13,15H2,1-2H3. The number of hydrogen-bond donors (Lipinski definition) is 1. The van der Waals surface area contributed by atoms with Gasteiger partial charge in [-0.15, -0.1) is 0 Å². The number of carbonyl (C=O) groups excluding carboxylic acids is 2. The Morgan fingerprint density at radius 2 is 1.86 bits per heavy atom. The molecule has 0 saturated carbocycles. The van der Waals surface area contributed by atoms with Crippen molar-refractivity contribution in [2.24, 2.45) is 5.92 Å². The largest absolute Gasteiger partial charge is 0.433 e. The number of rotatable bonds is 7. The number of halogens is 4. The van der Waals surface area contributed by atoms with Crippen molar-refractivity contribution in [2.75, 3.05) is 13.1 Å². The third kappa shape index (κ3) is 6.87. The normalized spacial score (nSPS) is 15.4. The third-order valence-electron chi connectivity index (χ3n) is 6.45. The maximum Gasteiger partial charge on any atom is 0.433 e.